The number of anilines is 1. The van der Waals surface area contributed by atoms with Gasteiger partial charge in [0.05, 0.1) is 16.3 Å². The van der Waals surface area contributed by atoms with Crippen molar-refractivity contribution in [2.24, 2.45) is 0 Å². The van der Waals surface area contributed by atoms with Gasteiger partial charge in [0.2, 0.25) is 5.91 Å². The van der Waals surface area contributed by atoms with Crippen molar-refractivity contribution in [1.29, 1.82) is 0 Å². The summed E-state index contributed by atoms with van der Waals surface area (Å²) in [6, 6.07) is 6.36. The van der Waals surface area contributed by atoms with E-state index in [-0.39, 0.29) is 22.6 Å². The number of sulfone groups is 1. The summed E-state index contributed by atoms with van der Waals surface area (Å²) in [4.78, 5) is 12.0. The second-order valence-electron chi connectivity index (χ2n) is 4.53. The molecule has 0 aromatic heterocycles. The lowest BCUT2D eigenvalue weighted by atomic mass is 10.1. The first-order valence-corrected chi connectivity index (χ1v) is 8.06. The fraction of sp³-hybridized carbons (Fsp3) is 0.462. The predicted molar refractivity (Wildman–Crippen MR) is 73.8 cm³/mol. The summed E-state index contributed by atoms with van der Waals surface area (Å²) < 4.78 is 24.0. The maximum Gasteiger partial charge on any atom is 0.242 e. The van der Waals surface area contributed by atoms with E-state index in [1.807, 2.05) is 0 Å². The van der Waals surface area contributed by atoms with E-state index in [4.69, 9.17) is 0 Å². The van der Waals surface area contributed by atoms with Crippen molar-refractivity contribution < 1.29 is 13.2 Å². The van der Waals surface area contributed by atoms with Gasteiger partial charge in [0.1, 0.15) is 6.04 Å². The first-order valence-electron chi connectivity index (χ1n) is 6.40. The normalized spacial score (nSPS) is 19.8. The highest BCUT2D eigenvalue weighted by Crippen LogP contribution is 2.23. The Balaban J connectivity index is 2.28. The third-order valence-corrected chi connectivity index (χ3v) is 5.00. The van der Waals surface area contributed by atoms with Crippen LogP contribution in [-0.4, -0.2) is 32.7 Å². The van der Waals surface area contributed by atoms with E-state index >= 15 is 0 Å². The number of amides is 1. The average Bonchev–Trinajstić information content (AvgIpc) is 2.42. The SMILES string of the molecule is CCS(=O)(=O)c1ccccc1NC1CCCNC1=O. The van der Waals surface area contributed by atoms with Gasteiger partial charge in [0, 0.05) is 6.54 Å². The van der Waals surface area contributed by atoms with E-state index in [0.29, 0.717) is 18.7 Å². The molecule has 1 unspecified atom stereocenters. The molecule has 1 fully saturated rings. The topological polar surface area (TPSA) is 75.3 Å². The Kier molecular flexibility index (Phi) is 4.09. The lowest BCUT2D eigenvalue weighted by molar-refractivity contribution is -0.123. The molecule has 1 aromatic carbocycles. The molecule has 1 aliphatic rings. The van der Waals surface area contributed by atoms with E-state index in [1.165, 1.54) is 0 Å². The minimum atomic E-state index is -3.29. The van der Waals surface area contributed by atoms with Gasteiger partial charge in [-0.1, -0.05) is 19.1 Å². The molecule has 0 aliphatic carbocycles. The van der Waals surface area contributed by atoms with Crippen molar-refractivity contribution in [3.05, 3.63) is 24.3 Å². The molecule has 1 amide bonds. The first kappa shape index (κ1) is 13.9. The Morgan fingerprint density at radius 1 is 1.37 bits per heavy atom. The van der Waals surface area contributed by atoms with Crippen LogP contribution in [0.5, 0.6) is 0 Å². The summed E-state index contributed by atoms with van der Waals surface area (Å²) in [6.45, 7) is 2.30. The van der Waals surface area contributed by atoms with Gasteiger partial charge < -0.3 is 10.6 Å². The maximum absolute atomic E-state index is 12.0. The molecule has 0 spiro atoms. The molecule has 19 heavy (non-hydrogen) atoms. The highest BCUT2D eigenvalue weighted by molar-refractivity contribution is 7.91. The van der Waals surface area contributed by atoms with Crippen molar-refractivity contribution in [3.63, 3.8) is 0 Å². The van der Waals surface area contributed by atoms with Crippen LogP contribution in [0.15, 0.2) is 29.2 Å². The van der Waals surface area contributed by atoms with Crippen LogP contribution in [0.25, 0.3) is 0 Å². The van der Waals surface area contributed by atoms with E-state index < -0.39 is 9.84 Å². The van der Waals surface area contributed by atoms with Crippen molar-refractivity contribution in [3.8, 4) is 0 Å². The largest absolute Gasteiger partial charge is 0.373 e. The van der Waals surface area contributed by atoms with Crippen LogP contribution in [0.3, 0.4) is 0 Å². The summed E-state index contributed by atoms with van der Waals surface area (Å²) >= 11 is 0. The van der Waals surface area contributed by atoms with Gasteiger partial charge in [-0.15, -0.1) is 0 Å². The summed E-state index contributed by atoms with van der Waals surface area (Å²) in [5, 5.41) is 5.82. The molecule has 104 valence electrons. The number of para-hydroxylation sites is 1. The van der Waals surface area contributed by atoms with Gasteiger partial charge in [0.15, 0.2) is 9.84 Å². The summed E-state index contributed by atoms with van der Waals surface area (Å²) in [6.07, 6.45) is 1.61. The molecule has 1 saturated heterocycles. The molecular formula is C13H18N2O3S. The van der Waals surface area contributed by atoms with Crippen molar-refractivity contribution >= 4 is 21.4 Å². The molecule has 2 N–H and O–H groups in total. The number of benzene rings is 1. The Bertz CT molecular complexity index is 569. The number of hydrogen-bond acceptors (Lipinski definition) is 4. The zero-order valence-corrected chi connectivity index (χ0v) is 11.7. The minimum absolute atomic E-state index is 0.0442. The molecule has 6 heteroatoms. The van der Waals surface area contributed by atoms with Crippen LogP contribution < -0.4 is 10.6 Å². The van der Waals surface area contributed by atoms with Crippen LogP contribution in [-0.2, 0) is 14.6 Å². The zero-order valence-electron chi connectivity index (χ0n) is 10.8. The van der Waals surface area contributed by atoms with Gasteiger partial charge in [-0.3, -0.25) is 4.79 Å². The van der Waals surface area contributed by atoms with Gasteiger partial charge >= 0.3 is 0 Å². The number of carbonyl (C=O) groups is 1. The molecule has 0 saturated carbocycles. The molecule has 0 bridgehead atoms. The molecule has 5 nitrogen and oxygen atoms in total. The Labute approximate surface area is 113 Å². The molecular weight excluding hydrogens is 264 g/mol. The van der Waals surface area contributed by atoms with E-state index in [1.54, 1.807) is 31.2 Å². The Morgan fingerprint density at radius 3 is 2.79 bits per heavy atom. The Morgan fingerprint density at radius 2 is 2.11 bits per heavy atom. The third-order valence-electron chi connectivity index (χ3n) is 3.22. The van der Waals surface area contributed by atoms with Gasteiger partial charge in [0.25, 0.3) is 0 Å². The van der Waals surface area contributed by atoms with Crippen molar-refractivity contribution in [2.45, 2.75) is 30.7 Å². The van der Waals surface area contributed by atoms with Crippen LogP contribution in [0, 0.1) is 0 Å². The molecule has 1 aromatic rings. The first-order chi connectivity index (χ1) is 9.04. The number of carbonyl (C=O) groups excluding carboxylic acids is 1. The highest BCUT2D eigenvalue weighted by Gasteiger charge is 2.24. The molecule has 1 atom stereocenters. The smallest absolute Gasteiger partial charge is 0.242 e. The molecule has 0 radical (unpaired) electrons. The van der Waals surface area contributed by atoms with E-state index in [9.17, 15) is 13.2 Å². The van der Waals surface area contributed by atoms with E-state index in [0.717, 1.165) is 6.42 Å². The second kappa shape index (κ2) is 5.61. The molecule has 2 rings (SSSR count). The lowest BCUT2D eigenvalue weighted by Crippen LogP contribution is -2.44. The number of piperidine rings is 1. The number of rotatable bonds is 4. The average molecular weight is 282 g/mol. The lowest BCUT2D eigenvalue weighted by Gasteiger charge is -2.24. The fourth-order valence-electron chi connectivity index (χ4n) is 2.11. The quantitative estimate of drug-likeness (QED) is 0.869. The van der Waals surface area contributed by atoms with Crippen molar-refractivity contribution in [1.82, 2.24) is 5.32 Å². The predicted octanol–water partition coefficient (Wildman–Crippen LogP) is 1.17. The van der Waals surface area contributed by atoms with Crippen LogP contribution in [0.1, 0.15) is 19.8 Å². The van der Waals surface area contributed by atoms with Gasteiger partial charge in [-0.25, -0.2) is 8.42 Å². The maximum atomic E-state index is 12.0. The zero-order chi connectivity index (χ0) is 13.9. The number of nitrogens with one attached hydrogen (secondary N) is 2. The third kappa shape index (κ3) is 3.07. The minimum Gasteiger partial charge on any atom is -0.373 e. The molecule has 1 aliphatic heterocycles. The number of hydrogen-bond donors (Lipinski definition) is 2. The van der Waals surface area contributed by atoms with Crippen LogP contribution in [0.4, 0.5) is 5.69 Å². The standard InChI is InChI=1S/C13H18N2O3S/c1-2-19(17,18)12-8-4-3-6-10(12)15-11-7-5-9-14-13(11)16/h3-4,6,8,11,15H,2,5,7,9H2,1H3,(H,14,16). The van der Waals surface area contributed by atoms with Crippen molar-refractivity contribution in [2.75, 3.05) is 17.6 Å². The van der Waals surface area contributed by atoms with Gasteiger partial charge in [-0.05, 0) is 25.0 Å². The van der Waals surface area contributed by atoms with E-state index in [2.05, 4.69) is 10.6 Å². The monoisotopic (exact) mass is 282 g/mol. The Hall–Kier alpha value is -1.56. The summed E-state index contributed by atoms with van der Waals surface area (Å²) in [5.74, 6) is -0.0299. The summed E-state index contributed by atoms with van der Waals surface area (Å²) in [5.41, 5.74) is 0.506. The fourth-order valence-corrected chi connectivity index (χ4v) is 3.17. The second-order valence-corrected chi connectivity index (χ2v) is 6.78. The summed E-state index contributed by atoms with van der Waals surface area (Å²) in [7, 11) is -3.29. The van der Waals surface area contributed by atoms with Gasteiger partial charge in [-0.2, -0.15) is 0 Å². The van der Waals surface area contributed by atoms with Crippen LogP contribution in [0.2, 0.25) is 0 Å². The molecule has 1 heterocycles. The van der Waals surface area contributed by atoms with Crippen LogP contribution >= 0.6 is 0 Å². The highest BCUT2D eigenvalue weighted by atomic mass is 32.2.